The smallest absolute Gasteiger partial charge is 0.104 e. The molecule has 0 saturated carbocycles. The van der Waals surface area contributed by atoms with E-state index in [1.165, 1.54) is 11.7 Å². The highest BCUT2D eigenvalue weighted by molar-refractivity contribution is 7.00. The first-order valence-electron chi connectivity index (χ1n) is 4.64. The van der Waals surface area contributed by atoms with Crippen LogP contribution in [0, 0.1) is 0 Å². The van der Waals surface area contributed by atoms with Crippen molar-refractivity contribution in [2.45, 2.75) is 27.7 Å². The molecule has 3 heteroatoms. The van der Waals surface area contributed by atoms with Gasteiger partial charge >= 0.3 is 0 Å². The molecule has 1 aromatic heterocycles. The fraction of sp³-hybridized carbons (Fsp3) is 0.400. The molecular formula is C10H16N2S. The zero-order valence-corrected chi connectivity index (χ0v) is 9.43. The molecule has 0 radical (unpaired) electrons. The van der Waals surface area contributed by atoms with Crippen molar-refractivity contribution in [1.29, 1.82) is 0 Å². The van der Waals surface area contributed by atoms with Gasteiger partial charge in [-0.25, -0.2) is 0 Å². The number of rotatable bonds is 0. The average molecular weight is 196 g/mol. The summed E-state index contributed by atoms with van der Waals surface area (Å²) in [6.45, 7) is 8.00. The minimum atomic E-state index is 0.988. The molecule has 2 aromatic rings. The van der Waals surface area contributed by atoms with Crippen molar-refractivity contribution in [3.05, 3.63) is 24.3 Å². The predicted octanol–water partition coefficient (Wildman–Crippen LogP) is 3.74. The van der Waals surface area contributed by atoms with Crippen molar-refractivity contribution in [1.82, 2.24) is 8.75 Å². The highest BCUT2D eigenvalue weighted by Gasteiger charge is 1.91. The molecule has 1 heterocycles. The molecule has 0 aliphatic heterocycles. The van der Waals surface area contributed by atoms with Gasteiger partial charge in [0.05, 0.1) is 11.7 Å². The Labute approximate surface area is 83.9 Å². The lowest BCUT2D eigenvalue weighted by Gasteiger charge is -1.78. The van der Waals surface area contributed by atoms with E-state index in [0.717, 1.165) is 11.0 Å². The Morgan fingerprint density at radius 1 is 0.846 bits per heavy atom. The van der Waals surface area contributed by atoms with Crippen molar-refractivity contribution in [2.24, 2.45) is 0 Å². The van der Waals surface area contributed by atoms with Crippen molar-refractivity contribution in [3.8, 4) is 0 Å². The summed E-state index contributed by atoms with van der Waals surface area (Å²) in [4.78, 5) is 0. The SMILES string of the molecule is CC.CC.c1ccc2nsnc2c1. The quantitative estimate of drug-likeness (QED) is 0.641. The Morgan fingerprint density at radius 2 is 1.23 bits per heavy atom. The Hall–Kier alpha value is -0.960. The lowest BCUT2D eigenvalue weighted by Crippen LogP contribution is -1.63. The second-order valence-electron chi connectivity index (χ2n) is 1.75. The highest BCUT2D eigenvalue weighted by Crippen LogP contribution is 2.08. The van der Waals surface area contributed by atoms with Crippen LogP contribution in [0.4, 0.5) is 0 Å². The van der Waals surface area contributed by atoms with Gasteiger partial charge in [-0.1, -0.05) is 39.8 Å². The molecule has 0 N–H and O–H groups in total. The van der Waals surface area contributed by atoms with E-state index in [1.807, 2.05) is 52.0 Å². The number of hydrogen-bond donors (Lipinski definition) is 0. The predicted molar refractivity (Wildman–Crippen MR) is 60.1 cm³/mol. The minimum absolute atomic E-state index is 0.988. The molecule has 0 unspecified atom stereocenters. The van der Waals surface area contributed by atoms with E-state index in [2.05, 4.69) is 8.75 Å². The highest BCUT2D eigenvalue weighted by atomic mass is 32.1. The summed E-state index contributed by atoms with van der Waals surface area (Å²) in [7, 11) is 0. The van der Waals surface area contributed by atoms with Crippen molar-refractivity contribution in [2.75, 3.05) is 0 Å². The largest absolute Gasteiger partial charge is 0.173 e. The molecule has 0 saturated heterocycles. The van der Waals surface area contributed by atoms with Crippen LogP contribution in [0.5, 0.6) is 0 Å². The van der Waals surface area contributed by atoms with E-state index in [0.29, 0.717) is 0 Å². The molecule has 2 rings (SSSR count). The monoisotopic (exact) mass is 196 g/mol. The van der Waals surface area contributed by atoms with Crippen LogP contribution in [0.3, 0.4) is 0 Å². The van der Waals surface area contributed by atoms with Crippen LogP contribution in [-0.4, -0.2) is 8.75 Å². The fourth-order valence-electron chi connectivity index (χ4n) is 0.727. The molecule has 0 aliphatic rings. The Morgan fingerprint density at radius 3 is 1.62 bits per heavy atom. The van der Waals surface area contributed by atoms with Gasteiger partial charge in [0.2, 0.25) is 0 Å². The molecule has 0 amide bonds. The maximum absolute atomic E-state index is 4.05. The zero-order chi connectivity index (χ0) is 10.1. The van der Waals surface area contributed by atoms with Gasteiger partial charge < -0.3 is 0 Å². The number of benzene rings is 1. The summed E-state index contributed by atoms with van der Waals surface area (Å²) in [5.41, 5.74) is 1.98. The number of fused-ring (bicyclic) bond motifs is 1. The third-order valence-corrected chi connectivity index (χ3v) is 1.72. The van der Waals surface area contributed by atoms with E-state index < -0.39 is 0 Å². The van der Waals surface area contributed by atoms with Gasteiger partial charge in [0, 0.05) is 0 Å². The van der Waals surface area contributed by atoms with Crippen LogP contribution in [0.15, 0.2) is 24.3 Å². The number of aromatic nitrogens is 2. The van der Waals surface area contributed by atoms with Gasteiger partial charge in [-0.2, -0.15) is 8.75 Å². The molecule has 13 heavy (non-hydrogen) atoms. The minimum Gasteiger partial charge on any atom is -0.173 e. The van der Waals surface area contributed by atoms with Crippen LogP contribution >= 0.6 is 11.7 Å². The summed E-state index contributed by atoms with van der Waals surface area (Å²) >= 11 is 1.25. The zero-order valence-electron chi connectivity index (χ0n) is 8.61. The first-order chi connectivity index (χ1) is 6.47. The Bertz CT molecular complexity index is 287. The molecule has 2 nitrogen and oxygen atoms in total. The third-order valence-electron chi connectivity index (χ3n) is 1.16. The van der Waals surface area contributed by atoms with E-state index in [1.54, 1.807) is 0 Å². The Balaban J connectivity index is 0.000000322. The van der Waals surface area contributed by atoms with Crippen molar-refractivity contribution in [3.63, 3.8) is 0 Å². The van der Waals surface area contributed by atoms with Gasteiger partial charge in [-0.15, -0.1) is 0 Å². The standard InChI is InChI=1S/C6H4N2S.2C2H6/c1-2-4-6-5(3-1)7-9-8-6;2*1-2/h1-4H;2*1-2H3. The Kier molecular flexibility index (Phi) is 7.11. The molecule has 0 fully saturated rings. The van der Waals surface area contributed by atoms with Gasteiger partial charge in [-0.3, -0.25) is 0 Å². The van der Waals surface area contributed by atoms with Crippen LogP contribution in [0.25, 0.3) is 11.0 Å². The molecular weight excluding hydrogens is 180 g/mol. The maximum atomic E-state index is 4.05. The summed E-state index contributed by atoms with van der Waals surface area (Å²) in [6.07, 6.45) is 0. The fourth-order valence-corrected chi connectivity index (χ4v) is 1.25. The van der Waals surface area contributed by atoms with Crippen LogP contribution < -0.4 is 0 Å². The molecule has 72 valence electrons. The molecule has 0 atom stereocenters. The first kappa shape index (κ1) is 12.0. The third kappa shape index (κ3) is 3.51. The summed E-state index contributed by atoms with van der Waals surface area (Å²) in [5, 5.41) is 0. The molecule has 0 bridgehead atoms. The lowest BCUT2D eigenvalue weighted by atomic mass is 10.3. The molecule has 0 aliphatic carbocycles. The second-order valence-corrected chi connectivity index (χ2v) is 2.28. The van der Waals surface area contributed by atoms with Crippen LogP contribution in [-0.2, 0) is 0 Å². The summed E-state index contributed by atoms with van der Waals surface area (Å²) in [6, 6.07) is 7.84. The number of nitrogens with zero attached hydrogens (tertiary/aromatic N) is 2. The van der Waals surface area contributed by atoms with Gasteiger partial charge in [0.15, 0.2) is 0 Å². The van der Waals surface area contributed by atoms with E-state index in [-0.39, 0.29) is 0 Å². The van der Waals surface area contributed by atoms with Gasteiger partial charge in [0.25, 0.3) is 0 Å². The van der Waals surface area contributed by atoms with Gasteiger partial charge in [-0.05, 0) is 12.1 Å². The first-order valence-corrected chi connectivity index (χ1v) is 5.37. The number of hydrogen-bond acceptors (Lipinski definition) is 3. The van der Waals surface area contributed by atoms with E-state index in [4.69, 9.17) is 0 Å². The van der Waals surface area contributed by atoms with E-state index in [9.17, 15) is 0 Å². The second kappa shape index (κ2) is 7.68. The van der Waals surface area contributed by atoms with Crippen molar-refractivity contribution < 1.29 is 0 Å². The van der Waals surface area contributed by atoms with Crippen LogP contribution in [0.1, 0.15) is 27.7 Å². The summed E-state index contributed by atoms with van der Waals surface area (Å²) < 4.78 is 8.10. The maximum Gasteiger partial charge on any atom is 0.104 e. The normalized spacial score (nSPS) is 8.00. The lowest BCUT2D eigenvalue weighted by molar-refractivity contribution is 1.50. The van der Waals surface area contributed by atoms with Crippen molar-refractivity contribution >= 4 is 22.8 Å². The topological polar surface area (TPSA) is 25.8 Å². The van der Waals surface area contributed by atoms with Crippen LogP contribution in [0.2, 0.25) is 0 Å². The summed E-state index contributed by atoms with van der Waals surface area (Å²) in [5.74, 6) is 0. The van der Waals surface area contributed by atoms with E-state index >= 15 is 0 Å². The average Bonchev–Trinajstić information content (AvgIpc) is 2.71. The molecule has 1 aromatic carbocycles. The molecule has 0 spiro atoms. The van der Waals surface area contributed by atoms with Gasteiger partial charge in [0.1, 0.15) is 11.0 Å².